The molecule has 0 aliphatic rings. The number of rotatable bonds is 5. The normalized spacial score (nSPS) is 10.1. The number of ether oxygens (including phenoxy) is 1. The van der Waals surface area contributed by atoms with Gasteiger partial charge in [0.1, 0.15) is 11.3 Å². The number of carbonyl (C=O) groups excluding carboxylic acids is 2. The minimum atomic E-state index is -0.695. The maximum Gasteiger partial charge on any atom is 0.282 e. The van der Waals surface area contributed by atoms with Crippen LogP contribution in [0.15, 0.2) is 36.4 Å². The predicted molar refractivity (Wildman–Crippen MR) is 87.3 cm³/mol. The van der Waals surface area contributed by atoms with Gasteiger partial charge in [0.2, 0.25) is 5.91 Å². The molecule has 0 unspecified atom stereocenters. The number of benzene rings is 2. The van der Waals surface area contributed by atoms with E-state index in [1.165, 1.54) is 31.4 Å². The molecule has 0 atom stereocenters. The molecule has 2 amide bonds. The molecule has 0 radical (unpaired) electrons. The smallest absolute Gasteiger partial charge is 0.282 e. The molecule has 0 spiro atoms. The van der Waals surface area contributed by atoms with Gasteiger partial charge in [-0.25, -0.2) is 0 Å². The van der Waals surface area contributed by atoms with Crippen LogP contribution in [0.5, 0.6) is 5.75 Å². The first-order valence-electron chi connectivity index (χ1n) is 6.87. The summed E-state index contributed by atoms with van der Waals surface area (Å²) in [6.45, 7) is 1.71. The zero-order valence-corrected chi connectivity index (χ0v) is 13.0. The topological polar surface area (TPSA) is 125 Å². The molecule has 3 N–H and O–H groups in total. The summed E-state index contributed by atoms with van der Waals surface area (Å²) in [5.74, 6) is -1.01. The van der Waals surface area contributed by atoms with Gasteiger partial charge in [0.05, 0.1) is 12.0 Å². The number of amides is 2. The van der Waals surface area contributed by atoms with Crippen molar-refractivity contribution in [2.75, 3.05) is 12.4 Å². The number of nitro groups is 1. The van der Waals surface area contributed by atoms with Crippen LogP contribution < -0.4 is 15.8 Å². The van der Waals surface area contributed by atoms with E-state index in [0.717, 1.165) is 0 Å². The van der Waals surface area contributed by atoms with Crippen molar-refractivity contribution in [1.82, 2.24) is 0 Å². The highest BCUT2D eigenvalue weighted by Gasteiger charge is 2.21. The molecule has 0 saturated heterocycles. The lowest BCUT2D eigenvalue weighted by Gasteiger charge is -2.09. The first kappa shape index (κ1) is 16.9. The van der Waals surface area contributed by atoms with Gasteiger partial charge >= 0.3 is 0 Å². The number of methoxy groups -OCH3 is 1. The first-order valence-corrected chi connectivity index (χ1v) is 6.87. The Bertz CT molecular complexity index is 832. The van der Waals surface area contributed by atoms with Crippen molar-refractivity contribution in [1.29, 1.82) is 0 Å². The van der Waals surface area contributed by atoms with Gasteiger partial charge in [0, 0.05) is 17.3 Å². The van der Waals surface area contributed by atoms with Gasteiger partial charge < -0.3 is 15.8 Å². The summed E-state index contributed by atoms with van der Waals surface area (Å²) in [6, 6.07) is 8.48. The highest BCUT2D eigenvalue weighted by atomic mass is 16.6. The number of anilines is 1. The summed E-state index contributed by atoms with van der Waals surface area (Å²) in [6.07, 6.45) is 0. The lowest BCUT2D eigenvalue weighted by molar-refractivity contribution is -0.385. The van der Waals surface area contributed by atoms with Crippen molar-refractivity contribution >= 4 is 23.2 Å². The molecule has 0 aliphatic heterocycles. The summed E-state index contributed by atoms with van der Waals surface area (Å²) >= 11 is 0. The second-order valence-corrected chi connectivity index (χ2v) is 4.99. The van der Waals surface area contributed by atoms with Gasteiger partial charge in [0.25, 0.3) is 11.6 Å². The third-order valence-electron chi connectivity index (χ3n) is 3.41. The van der Waals surface area contributed by atoms with Gasteiger partial charge in [-0.3, -0.25) is 19.7 Å². The molecule has 2 rings (SSSR count). The standard InChI is InChI=1S/C16H15N3O5/c1-9-3-4-10(7-12(9)15(17)20)18-16(21)13-8-11(24-2)5-6-14(13)19(22)23/h3-8H,1-2H3,(H2,17,20)(H,18,21). The number of nitrogens with one attached hydrogen (secondary N) is 1. The molecule has 2 aromatic carbocycles. The Labute approximate surface area is 137 Å². The summed E-state index contributed by atoms with van der Waals surface area (Å²) in [5.41, 5.74) is 5.99. The maximum atomic E-state index is 12.4. The lowest BCUT2D eigenvalue weighted by Crippen LogP contribution is -2.16. The van der Waals surface area contributed by atoms with Crippen molar-refractivity contribution in [2.45, 2.75) is 6.92 Å². The molecule has 8 nitrogen and oxygen atoms in total. The molecule has 8 heteroatoms. The number of hydrogen-bond acceptors (Lipinski definition) is 5. The van der Waals surface area contributed by atoms with Gasteiger partial charge in [-0.05, 0) is 36.8 Å². The number of hydrogen-bond donors (Lipinski definition) is 2. The van der Waals surface area contributed by atoms with Crippen molar-refractivity contribution in [3.63, 3.8) is 0 Å². The second-order valence-electron chi connectivity index (χ2n) is 4.99. The number of nitrogens with zero attached hydrogens (tertiary/aromatic N) is 1. The molecule has 0 bridgehead atoms. The largest absolute Gasteiger partial charge is 0.497 e. The Morgan fingerprint density at radius 1 is 1.17 bits per heavy atom. The van der Waals surface area contributed by atoms with Crippen molar-refractivity contribution in [3.05, 3.63) is 63.2 Å². The van der Waals surface area contributed by atoms with E-state index in [1.807, 2.05) is 0 Å². The third-order valence-corrected chi connectivity index (χ3v) is 3.41. The summed E-state index contributed by atoms with van der Waals surface area (Å²) < 4.78 is 4.99. The molecule has 0 aliphatic carbocycles. The van der Waals surface area contributed by atoms with Crippen LogP contribution in [0, 0.1) is 17.0 Å². The molecular formula is C16H15N3O5. The minimum absolute atomic E-state index is 0.152. The van der Waals surface area contributed by atoms with Crippen LogP contribution >= 0.6 is 0 Å². The second kappa shape index (κ2) is 6.78. The molecule has 2 aromatic rings. The molecule has 0 fully saturated rings. The minimum Gasteiger partial charge on any atom is -0.497 e. The Kier molecular flexibility index (Phi) is 4.78. The monoisotopic (exact) mass is 329 g/mol. The van der Waals surface area contributed by atoms with E-state index in [2.05, 4.69) is 5.32 Å². The van der Waals surface area contributed by atoms with E-state index in [1.54, 1.807) is 19.1 Å². The van der Waals surface area contributed by atoms with E-state index in [0.29, 0.717) is 17.0 Å². The molecule has 24 heavy (non-hydrogen) atoms. The SMILES string of the molecule is COc1ccc([N+](=O)[O-])c(C(=O)Nc2ccc(C)c(C(N)=O)c2)c1. The van der Waals surface area contributed by atoms with Crippen LogP contribution in [0.4, 0.5) is 11.4 Å². The van der Waals surface area contributed by atoms with Crippen molar-refractivity contribution < 1.29 is 19.2 Å². The maximum absolute atomic E-state index is 12.4. The Hall–Kier alpha value is -3.42. The number of primary amides is 1. The summed E-state index contributed by atoms with van der Waals surface area (Å²) in [7, 11) is 1.39. The number of nitro benzene ring substituents is 1. The Morgan fingerprint density at radius 3 is 2.46 bits per heavy atom. The van der Waals surface area contributed by atoms with Gasteiger partial charge in [-0.15, -0.1) is 0 Å². The van der Waals surface area contributed by atoms with E-state index in [-0.39, 0.29) is 16.8 Å². The highest BCUT2D eigenvalue weighted by Crippen LogP contribution is 2.25. The molecule has 124 valence electrons. The van der Waals surface area contributed by atoms with Crippen LogP contribution in [0.3, 0.4) is 0 Å². The van der Waals surface area contributed by atoms with E-state index >= 15 is 0 Å². The van der Waals surface area contributed by atoms with Gasteiger partial charge in [-0.1, -0.05) is 6.07 Å². The average molecular weight is 329 g/mol. The van der Waals surface area contributed by atoms with Crippen LogP contribution in [0.2, 0.25) is 0 Å². The Morgan fingerprint density at radius 2 is 1.88 bits per heavy atom. The van der Waals surface area contributed by atoms with E-state index in [9.17, 15) is 19.7 Å². The Balaban J connectivity index is 2.38. The zero-order chi connectivity index (χ0) is 17.9. The molecule has 0 aromatic heterocycles. The predicted octanol–water partition coefficient (Wildman–Crippen LogP) is 2.26. The highest BCUT2D eigenvalue weighted by molar-refractivity contribution is 6.08. The van der Waals surface area contributed by atoms with Gasteiger partial charge in [-0.2, -0.15) is 0 Å². The first-order chi connectivity index (χ1) is 11.3. The zero-order valence-electron chi connectivity index (χ0n) is 13.0. The van der Waals surface area contributed by atoms with Crippen LogP contribution in [0.25, 0.3) is 0 Å². The summed E-state index contributed by atoms with van der Waals surface area (Å²) in [4.78, 5) is 34.2. The lowest BCUT2D eigenvalue weighted by atomic mass is 10.1. The fourth-order valence-corrected chi connectivity index (χ4v) is 2.15. The van der Waals surface area contributed by atoms with Crippen LogP contribution in [-0.2, 0) is 0 Å². The third kappa shape index (κ3) is 3.49. The number of aryl methyl sites for hydroxylation is 1. The van der Waals surface area contributed by atoms with Crippen molar-refractivity contribution in [3.8, 4) is 5.75 Å². The fourth-order valence-electron chi connectivity index (χ4n) is 2.15. The molecular weight excluding hydrogens is 314 g/mol. The molecule has 0 heterocycles. The quantitative estimate of drug-likeness (QED) is 0.643. The average Bonchev–Trinajstić information content (AvgIpc) is 2.55. The van der Waals surface area contributed by atoms with Gasteiger partial charge in [0.15, 0.2) is 0 Å². The fraction of sp³-hybridized carbons (Fsp3) is 0.125. The van der Waals surface area contributed by atoms with Crippen molar-refractivity contribution in [2.24, 2.45) is 5.73 Å². The number of nitrogens with two attached hydrogens (primary N) is 1. The van der Waals surface area contributed by atoms with E-state index < -0.39 is 16.7 Å². The van der Waals surface area contributed by atoms with Crippen LogP contribution in [0.1, 0.15) is 26.3 Å². The van der Waals surface area contributed by atoms with Crippen LogP contribution in [-0.4, -0.2) is 23.8 Å². The molecule has 0 saturated carbocycles. The van der Waals surface area contributed by atoms with E-state index in [4.69, 9.17) is 10.5 Å². The number of carbonyl (C=O) groups is 2. The summed E-state index contributed by atoms with van der Waals surface area (Å²) in [5, 5.41) is 13.6.